The molecule has 0 radical (unpaired) electrons. The van der Waals surface area contributed by atoms with Crippen LogP contribution in [0.1, 0.15) is 30.9 Å². The van der Waals surface area contributed by atoms with Crippen LogP contribution in [0.15, 0.2) is 17.0 Å². The summed E-state index contributed by atoms with van der Waals surface area (Å²) in [6.45, 7) is 5.67. The fraction of sp³-hybridized carbons (Fsp3) is 0.500. The van der Waals surface area contributed by atoms with Gasteiger partial charge in [0.1, 0.15) is 4.90 Å². The predicted molar refractivity (Wildman–Crippen MR) is 81.4 cm³/mol. The normalized spacial score (nSPS) is 11.4. The molecular formula is C14H22N2O4S. The molecule has 0 aliphatic heterocycles. The maximum Gasteiger partial charge on any atom is 0.305 e. The second-order valence-corrected chi connectivity index (χ2v) is 6.45. The lowest BCUT2D eigenvalue weighted by Crippen LogP contribution is -2.27. The molecule has 0 saturated heterocycles. The van der Waals surface area contributed by atoms with Crippen molar-refractivity contribution in [3.63, 3.8) is 0 Å². The van der Waals surface area contributed by atoms with Crippen molar-refractivity contribution in [3.05, 3.63) is 23.3 Å². The number of anilines is 1. The van der Waals surface area contributed by atoms with Gasteiger partial charge in [0.15, 0.2) is 0 Å². The molecule has 0 amide bonds. The summed E-state index contributed by atoms with van der Waals surface area (Å²) in [4.78, 5) is 11.3. The minimum Gasteiger partial charge on any atom is -0.466 e. The summed E-state index contributed by atoms with van der Waals surface area (Å²) in [5.41, 5.74) is 7.43. The number of sulfonamides is 1. The van der Waals surface area contributed by atoms with Gasteiger partial charge in [-0.1, -0.05) is 12.1 Å². The van der Waals surface area contributed by atoms with Gasteiger partial charge in [0.05, 0.1) is 12.3 Å². The SMILES string of the molecule is CCOC(=O)CCCNS(=O)(=O)c1c(C)ccc(C)c1N. The maximum atomic E-state index is 12.3. The largest absolute Gasteiger partial charge is 0.466 e. The van der Waals surface area contributed by atoms with Gasteiger partial charge in [-0.3, -0.25) is 4.79 Å². The molecule has 0 heterocycles. The summed E-state index contributed by atoms with van der Waals surface area (Å²) >= 11 is 0. The van der Waals surface area contributed by atoms with Crippen molar-refractivity contribution in [1.29, 1.82) is 0 Å². The predicted octanol–water partition coefficient (Wildman–Crippen LogP) is 1.51. The maximum absolute atomic E-state index is 12.3. The van der Waals surface area contributed by atoms with E-state index in [4.69, 9.17) is 10.5 Å². The summed E-state index contributed by atoms with van der Waals surface area (Å²) in [7, 11) is -3.68. The van der Waals surface area contributed by atoms with Gasteiger partial charge >= 0.3 is 5.97 Å². The second kappa shape index (κ2) is 7.42. The summed E-state index contributed by atoms with van der Waals surface area (Å²) in [6.07, 6.45) is 0.557. The van der Waals surface area contributed by atoms with Gasteiger partial charge in [0.2, 0.25) is 10.0 Å². The number of esters is 1. The Bertz CT molecular complexity index is 612. The van der Waals surface area contributed by atoms with Crippen molar-refractivity contribution < 1.29 is 17.9 Å². The van der Waals surface area contributed by atoms with E-state index in [1.165, 1.54) is 0 Å². The Balaban J connectivity index is 2.71. The highest BCUT2D eigenvalue weighted by Crippen LogP contribution is 2.25. The van der Waals surface area contributed by atoms with E-state index < -0.39 is 10.0 Å². The van der Waals surface area contributed by atoms with Crippen LogP contribution in [0.2, 0.25) is 0 Å². The van der Waals surface area contributed by atoms with Crippen LogP contribution in [0.5, 0.6) is 0 Å². The van der Waals surface area contributed by atoms with Crippen molar-refractivity contribution >= 4 is 21.7 Å². The Morgan fingerprint density at radius 1 is 1.29 bits per heavy atom. The van der Waals surface area contributed by atoms with E-state index in [1.54, 1.807) is 32.9 Å². The topological polar surface area (TPSA) is 98.5 Å². The Morgan fingerprint density at radius 2 is 1.90 bits per heavy atom. The number of nitrogen functional groups attached to an aromatic ring is 1. The number of rotatable bonds is 7. The molecule has 0 bridgehead atoms. The van der Waals surface area contributed by atoms with Crippen LogP contribution in [-0.4, -0.2) is 27.5 Å². The van der Waals surface area contributed by atoms with E-state index in [2.05, 4.69) is 4.72 Å². The Morgan fingerprint density at radius 3 is 2.52 bits per heavy atom. The molecular weight excluding hydrogens is 292 g/mol. The van der Waals surface area contributed by atoms with E-state index in [9.17, 15) is 13.2 Å². The van der Waals surface area contributed by atoms with E-state index in [0.29, 0.717) is 24.2 Å². The van der Waals surface area contributed by atoms with Crippen LogP contribution in [0.25, 0.3) is 0 Å². The zero-order chi connectivity index (χ0) is 16.0. The second-order valence-electron chi connectivity index (χ2n) is 4.75. The van der Waals surface area contributed by atoms with Crippen LogP contribution in [0.3, 0.4) is 0 Å². The first kappa shape index (κ1) is 17.5. The fourth-order valence-corrected chi connectivity index (χ4v) is 3.41. The van der Waals surface area contributed by atoms with Crippen molar-refractivity contribution in [2.24, 2.45) is 0 Å². The highest BCUT2D eigenvalue weighted by Gasteiger charge is 2.20. The molecule has 0 unspecified atom stereocenters. The molecule has 0 atom stereocenters. The molecule has 0 aliphatic carbocycles. The van der Waals surface area contributed by atoms with Crippen LogP contribution in [0.4, 0.5) is 5.69 Å². The quantitative estimate of drug-likeness (QED) is 0.451. The number of ether oxygens (including phenoxy) is 1. The summed E-state index contributed by atoms with van der Waals surface area (Å²) < 4.78 is 31.8. The Hall–Kier alpha value is -1.60. The van der Waals surface area contributed by atoms with Gasteiger partial charge in [0, 0.05) is 13.0 Å². The van der Waals surface area contributed by atoms with Crippen LogP contribution in [-0.2, 0) is 19.6 Å². The summed E-state index contributed by atoms with van der Waals surface area (Å²) in [5.74, 6) is -0.331. The molecule has 6 nitrogen and oxygen atoms in total. The number of nitrogens with one attached hydrogen (secondary N) is 1. The number of aryl methyl sites for hydroxylation is 2. The van der Waals surface area contributed by atoms with Crippen molar-refractivity contribution in [2.75, 3.05) is 18.9 Å². The number of benzene rings is 1. The molecule has 0 saturated carbocycles. The first-order chi connectivity index (χ1) is 9.79. The van der Waals surface area contributed by atoms with Gasteiger partial charge in [-0.25, -0.2) is 13.1 Å². The molecule has 7 heteroatoms. The van der Waals surface area contributed by atoms with E-state index in [1.807, 2.05) is 0 Å². The third-order valence-electron chi connectivity index (χ3n) is 3.03. The van der Waals surface area contributed by atoms with Crippen LogP contribution < -0.4 is 10.5 Å². The monoisotopic (exact) mass is 314 g/mol. The number of carbonyl (C=O) groups is 1. The lowest BCUT2D eigenvalue weighted by atomic mass is 10.1. The van der Waals surface area contributed by atoms with Crippen molar-refractivity contribution in [1.82, 2.24) is 4.72 Å². The molecule has 0 spiro atoms. The Labute approximate surface area is 125 Å². The van der Waals surface area contributed by atoms with Gasteiger partial charge in [-0.2, -0.15) is 0 Å². The third-order valence-corrected chi connectivity index (χ3v) is 4.70. The summed E-state index contributed by atoms with van der Waals surface area (Å²) in [5, 5.41) is 0. The van der Waals surface area contributed by atoms with Gasteiger partial charge < -0.3 is 10.5 Å². The van der Waals surface area contributed by atoms with Crippen molar-refractivity contribution in [2.45, 2.75) is 38.5 Å². The van der Waals surface area contributed by atoms with E-state index in [-0.39, 0.29) is 29.5 Å². The zero-order valence-corrected chi connectivity index (χ0v) is 13.4. The zero-order valence-electron chi connectivity index (χ0n) is 12.6. The van der Waals surface area contributed by atoms with Crippen LogP contribution in [0, 0.1) is 13.8 Å². The average Bonchev–Trinajstić information content (AvgIpc) is 2.40. The molecule has 1 aromatic carbocycles. The molecule has 1 rings (SSSR count). The molecule has 3 N–H and O–H groups in total. The molecule has 1 aromatic rings. The highest BCUT2D eigenvalue weighted by molar-refractivity contribution is 7.89. The molecule has 0 fully saturated rings. The fourth-order valence-electron chi connectivity index (χ4n) is 1.91. The molecule has 0 aromatic heterocycles. The first-order valence-corrected chi connectivity index (χ1v) is 8.29. The number of hydrogen-bond acceptors (Lipinski definition) is 5. The standard InChI is InChI=1S/C14H22N2O4S/c1-4-20-12(17)6-5-9-16-21(18,19)14-11(3)8-7-10(2)13(14)15/h7-8,16H,4-6,9,15H2,1-3H3. The molecule has 21 heavy (non-hydrogen) atoms. The molecule has 118 valence electrons. The minimum atomic E-state index is -3.68. The van der Waals surface area contributed by atoms with Gasteiger partial charge in [0.25, 0.3) is 0 Å². The lowest BCUT2D eigenvalue weighted by molar-refractivity contribution is -0.143. The average molecular weight is 314 g/mol. The van der Waals surface area contributed by atoms with Gasteiger partial charge in [-0.15, -0.1) is 0 Å². The number of nitrogens with two attached hydrogens (primary N) is 1. The van der Waals surface area contributed by atoms with Crippen LogP contribution >= 0.6 is 0 Å². The number of carbonyl (C=O) groups excluding carboxylic acids is 1. The first-order valence-electron chi connectivity index (χ1n) is 6.80. The van der Waals surface area contributed by atoms with E-state index >= 15 is 0 Å². The van der Waals surface area contributed by atoms with Gasteiger partial charge in [-0.05, 0) is 38.3 Å². The summed E-state index contributed by atoms with van der Waals surface area (Å²) in [6, 6.07) is 3.50. The van der Waals surface area contributed by atoms with Crippen molar-refractivity contribution in [3.8, 4) is 0 Å². The Kier molecular flexibility index (Phi) is 6.17. The molecule has 0 aliphatic rings. The minimum absolute atomic E-state index is 0.110. The lowest BCUT2D eigenvalue weighted by Gasteiger charge is -2.13. The number of hydrogen-bond donors (Lipinski definition) is 2. The highest BCUT2D eigenvalue weighted by atomic mass is 32.2. The smallest absolute Gasteiger partial charge is 0.305 e. The van der Waals surface area contributed by atoms with E-state index in [0.717, 1.165) is 0 Å². The third kappa shape index (κ3) is 4.71.